The van der Waals surface area contributed by atoms with Crippen molar-refractivity contribution in [1.82, 2.24) is 10.6 Å². The molecule has 0 atom stereocenters. The molecule has 0 bridgehead atoms. The summed E-state index contributed by atoms with van der Waals surface area (Å²) in [4.78, 5) is 23.8. The molecule has 0 unspecified atom stereocenters. The SMILES string of the molecule is O=C(CCNC(=O)c1cccs1)NCCCCCCO. The number of hydrogen-bond acceptors (Lipinski definition) is 4. The van der Waals surface area contributed by atoms with Crippen molar-refractivity contribution in [3.63, 3.8) is 0 Å². The number of rotatable bonds is 10. The zero-order valence-corrected chi connectivity index (χ0v) is 12.4. The lowest BCUT2D eigenvalue weighted by atomic mass is 10.2. The van der Waals surface area contributed by atoms with Gasteiger partial charge in [-0.2, -0.15) is 0 Å². The second-order valence-corrected chi connectivity index (χ2v) is 5.42. The van der Waals surface area contributed by atoms with Crippen LogP contribution in [0.25, 0.3) is 0 Å². The van der Waals surface area contributed by atoms with Crippen LogP contribution in [0.15, 0.2) is 17.5 Å². The van der Waals surface area contributed by atoms with Crippen molar-refractivity contribution in [2.45, 2.75) is 32.1 Å². The molecular weight excluding hydrogens is 276 g/mol. The Balaban J connectivity index is 1.99. The molecule has 1 rings (SSSR count). The summed E-state index contributed by atoms with van der Waals surface area (Å²) in [5.41, 5.74) is 0. The number of aliphatic hydroxyl groups is 1. The smallest absolute Gasteiger partial charge is 0.261 e. The second-order valence-electron chi connectivity index (χ2n) is 4.47. The summed E-state index contributed by atoms with van der Waals surface area (Å²) in [6, 6.07) is 3.58. The number of nitrogens with one attached hydrogen (secondary N) is 2. The first kappa shape index (κ1) is 16.7. The maximum absolute atomic E-state index is 11.6. The van der Waals surface area contributed by atoms with Gasteiger partial charge in [-0.05, 0) is 24.3 Å². The molecular formula is C14H22N2O3S. The summed E-state index contributed by atoms with van der Waals surface area (Å²) in [6.45, 7) is 1.24. The van der Waals surface area contributed by atoms with Gasteiger partial charge in [0.25, 0.3) is 5.91 Å². The number of thiophene rings is 1. The molecule has 3 N–H and O–H groups in total. The van der Waals surface area contributed by atoms with Crippen LogP contribution in [0.1, 0.15) is 41.8 Å². The normalized spacial score (nSPS) is 10.2. The fraction of sp³-hybridized carbons (Fsp3) is 0.571. The number of carbonyl (C=O) groups is 2. The Morgan fingerprint density at radius 2 is 1.90 bits per heavy atom. The molecule has 0 radical (unpaired) electrons. The quantitative estimate of drug-likeness (QED) is 0.573. The molecule has 0 aliphatic carbocycles. The van der Waals surface area contributed by atoms with E-state index in [9.17, 15) is 9.59 Å². The number of unbranched alkanes of at least 4 members (excludes halogenated alkanes) is 3. The average molecular weight is 298 g/mol. The van der Waals surface area contributed by atoms with Crippen LogP contribution in [0.4, 0.5) is 0 Å². The van der Waals surface area contributed by atoms with Crippen molar-refractivity contribution in [2.75, 3.05) is 19.7 Å². The van der Waals surface area contributed by atoms with Crippen LogP contribution in [0.2, 0.25) is 0 Å². The van der Waals surface area contributed by atoms with Gasteiger partial charge in [0.1, 0.15) is 0 Å². The molecule has 0 spiro atoms. The Morgan fingerprint density at radius 3 is 2.60 bits per heavy atom. The van der Waals surface area contributed by atoms with Crippen molar-refractivity contribution in [1.29, 1.82) is 0 Å². The highest BCUT2D eigenvalue weighted by atomic mass is 32.1. The zero-order chi connectivity index (χ0) is 14.6. The minimum Gasteiger partial charge on any atom is -0.396 e. The van der Waals surface area contributed by atoms with Crippen LogP contribution < -0.4 is 10.6 Å². The van der Waals surface area contributed by atoms with E-state index in [0.717, 1.165) is 25.7 Å². The van der Waals surface area contributed by atoms with Crippen LogP contribution in [0.5, 0.6) is 0 Å². The lowest BCUT2D eigenvalue weighted by Gasteiger charge is -2.06. The molecule has 0 aliphatic rings. The molecule has 0 saturated heterocycles. The van der Waals surface area contributed by atoms with Crippen molar-refractivity contribution in [2.24, 2.45) is 0 Å². The van der Waals surface area contributed by atoms with E-state index < -0.39 is 0 Å². The third-order valence-corrected chi connectivity index (χ3v) is 3.66. The molecule has 6 heteroatoms. The first-order valence-electron chi connectivity index (χ1n) is 6.93. The van der Waals surface area contributed by atoms with Gasteiger partial charge in [-0.15, -0.1) is 11.3 Å². The van der Waals surface area contributed by atoms with Gasteiger partial charge in [0.2, 0.25) is 5.91 Å². The maximum Gasteiger partial charge on any atom is 0.261 e. The molecule has 20 heavy (non-hydrogen) atoms. The van der Waals surface area contributed by atoms with Crippen LogP contribution in [0.3, 0.4) is 0 Å². The summed E-state index contributed by atoms with van der Waals surface area (Å²) >= 11 is 1.38. The molecule has 1 aromatic heterocycles. The summed E-state index contributed by atoms with van der Waals surface area (Å²) in [6.07, 6.45) is 4.04. The Bertz CT molecular complexity index is 393. The van der Waals surface area contributed by atoms with Crippen molar-refractivity contribution < 1.29 is 14.7 Å². The van der Waals surface area contributed by atoms with Crippen LogP contribution in [-0.2, 0) is 4.79 Å². The predicted octanol–water partition coefficient (Wildman–Crippen LogP) is 1.54. The standard InChI is InChI=1S/C14H22N2O3S/c17-10-4-2-1-3-8-15-13(18)7-9-16-14(19)12-6-5-11-20-12/h5-6,11,17H,1-4,7-10H2,(H,15,18)(H,16,19). The third-order valence-electron chi connectivity index (χ3n) is 2.79. The van der Waals surface area contributed by atoms with E-state index in [4.69, 9.17) is 5.11 Å². The minimum absolute atomic E-state index is 0.0429. The Hall–Kier alpha value is -1.40. The number of carbonyl (C=O) groups excluding carboxylic acids is 2. The molecule has 1 aromatic rings. The van der Waals surface area contributed by atoms with Gasteiger partial charge in [0.15, 0.2) is 0 Å². The Morgan fingerprint density at radius 1 is 1.10 bits per heavy atom. The minimum atomic E-state index is -0.128. The summed E-state index contributed by atoms with van der Waals surface area (Å²) in [7, 11) is 0. The van der Waals surface area contributed by atoms with Gasteiger partial charge < -0.3 is 15.7 Å². The molecule has 112 valence electrons. The molecule has 0 aromatic carbocycles. The highest BCUT2D eigenvalue weighted by Crippen LogP contribution is 2.07. The lowest BCUT2D eigenvalue weighted by molar-refractivity contribution is -0.120. The molecule has 0 saturated carbocycles. The first-order chi connectivity index (χ1) is 9.74. The Kier molecular flexibility index (Phi) is 8.66. The maximum atomic E-state index is 11.6. The van der Waals surface area contributed by atoms with Crippen LogP contribution >= 0.6 is 11.3 Å². The van der Waals surface area contributed by atoms with Gasteiger partial charge in [-0.1, -0.05) is 18.9 Å². The molecule has 0 aliphatic heterocycles. The van der Waals surface area contributed by atoms with E-state index in [0.29, 0.717) is 24.4 Å². The van der Waals surface area contributed by atoms with Gasteiger partial charge in [-0.3, -0.25) is 9.59 Å². The lowest BCUT2D eigenvalue weighted by Crippen LogP contribution is -2.30. The summed E-state index contributed by atoms with van der Waals surface area (Å²) in [5.74, 6) is -0.171. The molecule has 2 amide bonds. The number of hydrogen-bond donors (Lipinski definition) is 3. The number of aliphatic hydroxyl groups excluding tert-OH is 1. The zero-order valence-electron chi connectivity index (χ0n) is 11.6. The van der Waals surface area contributed by atoms with E-state index >= 15 is 0 Å². The first-order valence-corrected chi connectivity index (χ1v) is 7.81. The van der Waals surface area contributed by atoms with Gasteiger partial charge in [0, 0.05) is 26.1 Å². The fourth-order valence-corrected chi connectivity index (χ4v) is 2.33. The highest BCUT2D eigenvalue weighted by molar-refractivity contribution is 7.12. The van der Waals surface area contributed by atoms with Gasteiger partial charge in [0.05, 0.1) is 4.88 Å². The fourth-order valence-electron chi connectivity index (χ4n) is 1.69. The monoisotopic (exact) mass is 298 g/mol. The van der Waals surface area contributed by atoms with E-state index in [1.54, 1.807) is 6.07 Å². The van der Waals surface area contributed by atoms with E-state index in [2.05, 4.69) is 10.6 Å². The van der Waals surface area contributed by atoms with Gasteiger partial charge >= 0.3 is 0 Å². The van der Waals surface area contributed by atoms with E-state index in [1.807, 2.05) is 11.4 Å². The number of amides is 2. The Labute approximate surface area is 123 Å². The average Bonchev–Trinajstić information content (AvgIpc) is 2.96. The highest BCUT2D eigenvalue weighted by Gasteiger charge is 2.06. The second kappa shape index (κ2) is 10.4. The largest absolute Gasteiger partial charge is 0.396 e. The predicted molar refractivity (Wildman–Crippen MR) is 79.8 cm³/mol. The molecule has 5 nitrogen and oxygen atoms in total. The molecule has 0 fully saturated rings. The molecule has 1 heterocycles. The topological polar surface area (TPSA) is 78.4 Å². The van der Waals surface area contributed by atoms with Gasteiger partial charge in [-0.25, -0.2) is 0 Å². The van der Waals surface area contributed by atoms with Crippen molar-refractivity contribution in [3.05, 3.63) is 22.4 Å². The summed E-state index contributed by atoms with van der Waals surface area (Å²) < 4.78 is 0. The van der Waals surface area contributed by atoms with Crippen LogP contribution in [-0.4, -0.2) is 36.6 Å². The summed E-state index contributed by atoms with van der Waals surface area (Å²) in [5, 5.41) is 16.0. The van der Waals surface area contributed by atoms with Crippen molar-refractivity contribution >= 4 is 23.2 Å². The van der Waals surface area contributed by atoms with E-state index in [1.165, 1.54) is 11.3 Å². The van der Waals surface area contributed by atoms with Crippen LogP contribution in [0, 0.1) is 0 Å². The van der Waals surface area contributed by atoms with E-state index in [-0.39, 0.29) is 18.4 Å². The third kappa shape index (κ3) is 7.25. The van der Waals surface area contributed by atoms with Crippen molar-refractivity contribution in [3.8, 4) is 0 Å².